The van der Waals surface area contributed by atoms with Crippen LogP contribution in [0.4, 0.5) is 0 Å². The second kappa shape index (κ2) is 5.89. The predicted molar refractivity (Wildman–Crippen MR) is 79.4 cm³/mol. The smallest absolute Gasteiger partial charge is 0.116 e. The molecule has 0 aliphatic carbocycles. The van der Waals surface area contributed by atoms with E-state index in [-0.39, 0.29) is 11.7 Å². The second-order valence-electron chi connectivity index (χ2n) is 4.69. The minimum atomic E-state index is 0.196. The molecular formula is C16H16ClNO. The van der Waals surface area contributed by atoms with Crippen molar-refractivity contribution in [1.29, 1.82) is 5.41 Å². The Kier molecular flexibility index (Phi) is 4.23. The van der Waals surface area contributed by atoms with Crippen molar-refractivity contribution in [3.05, 3.63) is 64.7 Å². The van der Waals surface area contributed by atoms with E-state index in [1.165, 1.54) is 0 Å². The van der Waals surface area contributed by atoms with Gasteiger partial charge in [0.2, 0.25) is 0 Å². The van der Waals surface area contributed by atoms with E-state index in [0.717, 1.165) is 16.1 Å². The molecule has 2 N–H and O–H groups in total. The first kappa shape index (κ1) is 13.6. The molecule has 2 rings (SSSR count). The van der Waals surface area contributed by atoms with Gasteiger partial charge in [0.25, 0.3) is 0 Å². The molecule has 0 saturated carbocycles. The van der Waals surface area contributed by atoms with Crippen molar-refractivity contribution in [2.45, 2.75) is 19.3 Å². The second-order valence-corrected chi connectivity index (χ2v) is 5.12. The van der Waals surface area contributed by atoms with Gasteiger partial charge in [0.15, 0.2) is 0 Å². The van der Waals surface area contributed by atoms with Gasteiger partial charge < -0.3 is 10.5 Å². The molecule has 0 aliphatic heterocycles. The van der Waals surface area contributed by atoms with Crippen molar-refractivity contribution < 1.29 is 5.11 Å². The van der Waals surface area contributed by atoms with Crippen LogP contribution in [0.5, 0.6) is 5.75 Å². The molecule has 0 saturated heterocycles. The van der Waals surface area contributed by atoms with Gasteiger partial charge in [-0.15, -0.1) is 0 Å². The Morgan fingerprint density at radius 2 is 1.89 bits per heavy atom. The summed E-state index contributed by atoms with van der Waals surface area (Å²) < 4.78 is 0. The Labute approximate surface area is 118 Å². The molecule has 0 fully saturated rings. The third-order valence-corrected chi connectivity index (χ3v) is 3.40. The molecule has 0 spiro atoms. The highest BCUT2D eigenvalue weighted by Gasteiger charge is 2.10. The van der Waals surface area contributed by atoms with Crippen LogP contribution in [0.15, 0.2) is 48.5 Å². The SMILES string of the molecule is CC(CC(=N)c1cccc(O)c1)c1ccc(Cl)cc1. The Hall–Kier alpha value is -1.80. The summed E-state index contributed by atoms with van der Waals surface area (Å²) in [6.07, 6.45) is 0.630. The largest absolute Gasteiger partial charge is 0.508 e. The highest BCUT2D eigenvalue weighted by molar-refractivity contribution is 6.30. The van der Waals surface area contributed by atoms with Gasteiger partial charge in [-0.25, -0.2) is 0 Å². The summed E-state index contributed by atoms with van der Waals surface area (Å²) in [5.74, 6) is 0.438. The lowest BCUT2D eigenvalue weighted by Crippen LogP contribution is -2.05. The van der Waals surface area contributed by atoms with Crippen LogP contribution < -0.4 is 0 Å². The summed E-state index contributed by atoms with van der Waals surface area (Å²) in [6, 6.07) is 14.5. The zero-order valence-corrected chi connectivity index (χ0v) is 11.5. The van der Waals surface area contributed by atoms with Gasteiger partial charge in [0.1, 0.15) is 5.75 Å². The van der Waals surface area contributed by atoms with E-state index in [4.69, 9.17) is 17.0 Å². The first-order valence-electron chi connectivity index (χ1n) is 6.18. The number of nitrogens with one attached hydrogen (secondary N) is 1. The minimum absolute atomic E-state index is 0.196. The molecule has 0 amide bonds. The summed E-state index contributed by atoms with van der Waals surface area (Å²) >= 11 is 5.87. The molecule has 0 aliphatic rings. The molecule has 1 atom stereocenters. The van der Waals surface area contributed by atoms with Crippen molar-refractivity contribution in [3.63, 3.8) is 0 Å². The van der Waals surface area contributed by atoms with Crippen LogP contribution >= 0.6 is 11.6 Å². The molecule has 0 heterocycles. The monoisotopic (exact) mass is 273 g/mol. The molecule has 0 aromatic heterocycles. The van der Waals surface area contributed by atoms with Gasteiger partial charge >= 0.3 is 0 Å². The topological polar surface area (TPSA) is 44.1 Å². The highest BCUT2D eigenvalue weighted by Crippen LogP contribution is 2.23. The zero-order chi connectivity index (χ0) is 13.8. The Bertz CT molecular complexity index is 578. The molecule has 2 aromatic rings. The van der Waals surface area contributed by atoms with Crippen molar-refractivity contribution in [2.24, 2.45) is 0 Å². The van der Waals surface area contributed by atoms with E-state index in [1.807, 2.05) is 30.3 Å². The number of benzene rings is 2. The van der Waals surface area contributed by atoms with Crippen molar-refractivity contribution in [3.8, 4) is 5.75 Å². The summed E-state index contributed by atoms with van der Waals surface area (Å²) in [5.41, 5.74) is 2.45. The van der Waals surface area contributed by atoms with Crippen LogP contribution in [0.3, 0.4) is 0 Å². The lowest BCUT2D eigenvalue weighted by molar-refractivity contribution is 0.475. The van der Waals surface area contributed by atoms with Crippen LogP contribution in [0, 0.1) is 5.41 Å². The van der Waals surface area contributed by atoms with E-state index in [1.54, 1.807) is 18.2 Å². The van der Waals surface area contributed by atoms with Gasteiger partial charge in [0, 0.05) is 10.7 Å². The lowest BCUT2D eigenvalue weighted by atomic mass is 9.93. The third kappa shape index (κ3) is 3.58. The quantitative estimate of drug-likeness (QED) is 0.785. The fraction of sp³-hybridized carbons (Fsp3) is 0.188. The maximum absolute atomic E-state index is 9.43. The van der Waals surface area contributed by atoms with Gasteiger partial charge in [-0.05, 0) is 47.7 Å². The minimum Gasteiger partial charge on any atom is -0.508 e. The van der Waals surface area contributed by atoms with Gasteiger partial charge in [-0.3, -0.25) is 0 Å². The first-order valence-corrected chi connectivity index (χ1v) is 6.56. The number of phenolic OH excluding ortho intramolecular Hbond substituents is 1. The van der Waals surface area contributed by atoms with Crippen LogP contribution in [-0.2, 0) is 0 Å². The predicted octanol–water partition coefficient (Wildman–Crippen LogP) is 4.61. The van der Waals surface area contributed by atoms with Gasteiger partial charge in [0.05, 0.1) is 0 Å². The molecule has 19 heavy (non-hydrogen) atoms. The van der Waals surface area contributed by atoms with Gasteiger partial charge in [-0.2, -0.15) is 0 Å². The molecule has 98 valence electrons. The van der Waals surface area contributed by atoms with Gasteiger partial charge in [-0.1, -0.05) is 42.8 Å². The molecule has 3 heteroatoms. The number of halogens is 1. The summed E-state index contributed by atoms with van der Waals surface area (Å²) in [7, 11) is 0. The van der Waals surface area contributed by atoms with Crippen LogP contribution in [0.1, 0.15) is 30.4 Å². The van der Waals surface area contributed by atoms with E-state index in [9.17, 15) is 5.11 Å². The maximum Gasteiger partial charge on any atom is 0.116 e. The summed E-state index contributed by atoms with van der Waals surface area (Å²) in [4.78, 5) is 0. The maximum atomic E-state index is 9.43. The third-order valence-electron chi connectivity index (χ3n) is 3.14. The van der Waals surface area contributed by atoms with Crippen molar-refractivity contribution in [2.75, 3.05) is 0 Å². The lowest BCUT2D eigenvalue weighted by Gasteiger charge is -2.13. The molecule has 2 aromatic carbocycles. The fourth-order valence-electron chi connectivity index (χ4n) is 2.03. The summed E-state index contributed by atoms with van der Waals surface area (Å²) in [5, 5.41) is 18.3. The van der Waals surface area contributed by atoms with Crippen LogP contribution in [0.25, 0.3) is 0 Å². The van der Waals surface area contributed by atoms with Crippen LogP contribution in [0.2, 0.25) is 5.02 Å². The molecule has 2 nitrogen and oxygen atoms in total. The fourth-order valence-corrected chi connectivity index (χ4v) is 2.15. The average Bonchev–Trinajstić information content (AvgIpc) is 2.39. The standard InChI is InChI=1S/C16H16ClNO/c1-11(12-5-7-14(17)8-6-12)9-16(18)13-3-2-4-15(19)10-13/h2-8,10-11,18-19H,9H2,1H3. The first-order chi connectivity index (χ1) is 9.06. The highest BCUT2D eigenvalue weighted by atomic mass is 35.5. The summed E-state index contributed by atoms with van der Waals surface area (Å²) in [6.45, 7) is 2.08. The Morgan fingerprint density at radius 1 is 1.21 bits per heavy atom. The zero-order valence-electron chi connectivity index (χ0n) is 10.7. The normalized spacial score (nSPS) is 12.1. The van der Waals surface area contributed by atoms with Crippen molar-refractivity contribution >= 4 is 17.3 Å². The van der Waals surface area contributed by atoms with E-state index < -0.39 is 0 Å². The number of aromatic hydroxyl groups is 1. The number of hydrogen-bond acceptors (Lipinski definition) is 2. The molecule has 0 bridgehead atoms. The number of phenols is 1. The van der Waals surface area contributed by atoms with E-state index in [2.05, 4.69) is 6.92 Å². The average molecular weight is 274 g/mol. The van der Waals surface area contributed by atoms with E-state index >= 15 is 0 Å². The van der Waals surface area contributed by atoms with Crippen molar-refractivity contribution in [1.82, 2.24) is 0 Å². The Balaban J connectivity index is 2.08. The van der Waals surface area contributed by atoms with Crippen LogP contribution in [-0.4, -0.2) is 10.8 Å². The molecular weight excluding hydrogens is 258 g/mol. The number of hydrogen-bond donors (Lipinski definition) is 2. The number of rotatable bonds is 4. The van der Waals surface area contributed by atoms with E-state index in [0.29, 0.717) is 12.1 Å². The molecule has 0 radical (unpaired) electrons. The molecule has 1 unspecified atom stereocenters. The Morgan fingerprint density at radius 3 is 2.53 bits per heavy atom.